The molecule has 168 valence electrons. The lowest BCUT2D eigenvalue weighted by Gasteiger charge is -2.36. The van der Waals surface area contributed by atoms with Crippen LogP contribution in [0.2, 0.25) is 0 Å². The quantitative estimate of drug-likeness (QED) is 0.698. The molecule has 0 radical (unpaired) electrons. The van der Waals surface area contributed by atoms with Crippen LogP contribution in [0.15, 0.2) is 59.6 Å². The van der Waals surface area contributed by atoms with Gasteiger partial charge in [0.1, 0.15) is 6.61 Å². The van der Waals surface area contributed by atoms with Crippen molar-refractivity contribution in [3.05, 3.63) is 65.7 Å². The van der Waals surface area contributed by atoms with E-state index in [2.05, 4.69) is 5.32 Å². The molecule has 0 bridgehead atoms. The largest absolute Gasteiger partial charge is 0.369 e. The minimum absolute atomic E-state index is 0.0559. The van der Waals surface area contributed by atoms with Crippen LogP contribution in [-0.2, 0) is 26.5 Å². The monoisotopic (exact) mass is 434 g/mol. The Balaban J connectivity index is 1.50. The van der Waals surface area contributed by atoms with E-state index in [1.165, 1.54) is 11.3 Å². The van der Waals surface area contributed by atoms with E-state index in [9.17, 15) is 9.59 Å². The average molecular weight is 435 g/mol. The summed E-state index contributed by atoms with van der Waals surface area (Å²) in [6, 6.07) is 17.1. The van der Waals surface area contributed by atoms with E-state index >= 15 is 0 Å². The lowest BCUT2D eigenvalue weighted by Crippen LogP contribution is -2.45. The highest BCUT2D eigenvalue weighted by atomic mass is 16.5. The first-order valence-corrected chi connectivity index (χ1v) is 11.2. The van der Waals surface area contributed by atoms with E-state index in [-0.39, 0.29) is 30.3 Å². The third-order valence-electron chi connectivity index (χ3n) is 6.39. The number of nitrogens with one attached hydrogen (secondary N) is 1. The van der Waals surface area contributed by atoms with Gasteiger partial charge in [-0.2, -0.15) is 0 Å². The maximum Gasteiger partial charge on any atom is 0.261 e. The average Bonchev–Trinajstić information content (AvgIpc) is 3.05. The van der Waals surface area contributed by atoms with Crippen LogP contribution in [0.4, 0.5) is 5.69 Å². The Labute approximate surface area is 188 Å². The molecule has 1 atom stereocenters. The number of hydrogen-bond donors (Lipinski definition) is 2. The third-order valence-corrected chi connectivity index (χ3v) is 6.39. The zero-order valence-corrected chi connectivity index (χ0v) is 18.4. The minimum Gasteiger partial charge on any atom is -0.369 e. The van der Waals surface area contributed by atoms with Gasteiger partial charge in [-0.3, -0.25) is 14.5 Å². The number of guanidine groups is 1. The van der Waals surface area contributed by atoms with Crippen LogP contribution in [0.25, 0.3) is 0 Å². The summed E-state index contributed by atoms with van der Waals surface area (Å²) in [5.74, 6) is -0.0176. The molecule has 3 N–H and O–H groups in total. The number of nitrogens with zero attached hydrogens (tertiary/aromatic N) is 2. The zero-order valence-electron chi connectivity index (χ0n) is 18.4. The summed E-state index contributed by atoms with van der Waals surface area (Å²) in [7, 11) is 1.67. The van der Waals surface area contributed by atoms with Crippen LogP contribution in [0, 0.1) is 5.92 Å². The molecule has 7 nitrogen and oxygen atoms in total. The Morgan fingerprint density at radius 1 is 1.16 bits per heavy atom. The fourth-order valence-corrected chi connectivity index (χ4v) is 4.74. The Hall–Kier alpha value is -3.19. The number of likely N-dealkylation sites (N-methyl/N-ethyl adjacent to an activating group) is 1. The summed E-state index contributed by atoms with van der Waals surface area (Å²) in [6.45, 7) is 0.313. The fourth-order valence-electron chi connectivity index (χ4n) is 4.74. The molecule has 2 aromatic carbocycles. The number of ether oxygens (including phenoxy) is 1. The van der Waals surface area contributed by atoms with Gasteiger partial charge in [-0.25, -0.2) is 4.99 Å². The van der Waals surface area contributed by atoms with Gasteiger partial charge in [-0.1, -0.05) is 61.7 Å². The molecule has 4 rings (SSSR count). The van der Waals surface area contributed by atoms with Crippen molar-refractivity contribution in [2.45, 2.75) is 44.2 Å². The lowest BCUT2D eigenvalue weighted by atomic mass is 9.71. The molecule has 0 saturated heterocycles. The molecule has 7 heteroatoms. The van der Waals surface area contributed by atoms with E-state index in [0.717, 1.165) is 36.8 Å². The SMILES string of the molecule is CN1C(=O)C(c2cccc(NC(=O)COCc3ccccc3)c2)(C2CCCCC2)N=C1N. The topological polar surface area (TPSA) is 97.0 Å². The third kappa shape index (κ3) is 4.39. The van der Waals surface area contributed by atoms with Gasteiger partial charge in [0.2, 0.25) is 5.91 Å². The highest BCUT2D eigenvalue weighted by molar-refractivity contribution is 6.07. The maximum atomic E-state index is 13.4. The molecule has 1 fully saturated rings. The van der Waals surface area contributed by atoms with Gasteiger partial charge in [0.25, 0.3) is 5.91 Å². The van der Waals surface area contributed by atoms with E-state index in [4.69, 9.17) is 15.5 Å². The van der Waals surface area contributed by atoms with Gasteiger partial charge in [0, 0.05) is 12.7 Å². The van der Waals surface area contributed by atoms with Gasteiger partial charge in [0.05, 0.1) is 6.61 Å². The second-order valence-corrected chi connectivity index (χ2v) is 8.54. The van der Waals surface area contributed by atoms with Crippen LogP contribution in [0.1, 0.15) is 43.2 Å². The van der Waals surface area contributed by atoms with Crippen LogP contribution >= 0.6 is 0 Å². The molecule has 2 amide bonds. The van der Waals surface area contributed by atoms with Crippen LogP contribution in [-0.4, -0.2) is 36.3 Å². The Bertz CT molecular complexity index is 1000. The molecule has 32 heavy (non-hydrogen) atoms. The van der Waals surface area contributed by atoms with Crippen LogP contribution in [0.5, 0.6) is 0 Å². The summed E-state index contributed by atoms with van der Waals surface area (Å²) in [5, 5.41) is 2.88. The maximum absolute atomic E-state index is 13.4. The summed E-state index contributed by atoms with van der Waals surface area (Å²) >= 11 is 0. The number of hydrogen-bond acceptors (Lipinski definition) is 5. The van der Waals surface area contributed by atoms with Crippen molar-refractivity contribution in [1.29, 1.82) is 0 Å². The van der Waals surface area contributed by atoms with Gasteiger partial charge in [-0.05, 0) is 42.0 Å². The van der Waals surface area contributed by atoms with Crippen molar-refractivity contribution in [1.82, 2.24) is 4.90 Å². The minimum atomic E-state index is -1.02. The molecule has 0 aromatic heterocycles. The summed E-state index contributed by atoms with van der Waals surface area (Å²) in [4.78, 5) is 32.0. The predicted molar refractivity (Wildman–Crippen MR) is 124 cm³/mol. The van der Waals surface area contributed by atoms with E-state index in [1.807, 2.05) is 54.6 Å². The number of amides is 2. The fraction of sp³-hybridized carbons (Fsp3) is 0.400. The number of carbonyl (C=O) groups is 2. The first-order valence-electron chi connectivity index (χ1n) is 11.2. The first-order chi connectivity index (χ1) is 15.5. The van der Waals surface area contributed by atoms with E-state index < -0.39 is 5.54 Å². The van der Waals surface area contributed by atoms with Gasteiger partial charge in [-0.15, -0.1) is 0 Å². The molecule has 1 heterocycles. The second kappa shape index (κ2) is 9.53. The van der Waals surface area contributed by atoms with Crippen LogP contribution in [0.3, 0.4) is 0 Å². The summed E-state index contributed by atoms with van der Waals surface area (Å²) in [6.07, 6.45) is 5.19. The molecule has 0 spiro atoms. The van der Waals surface area contributed by atoms with Crippen molar-refractivity contribution >= 4 is 23.5 Å². The standard InChI is InChI=1S/C25H30N4O3/c1-29-23(31)25(28-24(29)26,19-11-6-3-7-12-19)20-13-8-14-21(15-20)27-22(30)17-32-16-18-9-4-2-5-10-18/h2,4-5,8-10,13-15,19H,3,6-7,11-12,16-17H2,1H3,(H2,26,28)(H,27,30). The van der Waals surface area contributed by atoms with Crippen molar-refractivity contribution in [2.24, 2.45) is 16.6 Å². The van der Waals surface area contributed by atoms with Crippen molar-refractivity contribution in [3.63, 3.8) is 0 Å². The first kappa shape index (κ1) is 22.0. The predicted octanol–water partition coefficient (Wildman–Crippen LogP) is 3.40. The number of nitrogens with two attached hydrogens (primary N) is 1. The number of aliphatic imine (C=N–C) groups is 1. The summed E-state index contributed by atoms with van der Waals surface area (Å²) < 4.78 is 5.53. The Kier molecular flexibility index (Phi) is 6.55. The number of anilines is 1. The molecular weight excluding hydrogens is 404 g/mol. The van der Waals surface area contributed by atoms with Gasteiger partial charge in [0.15, 0.2) is 11.5 Å². The molecule has 2 aliphatic rings. The molecule has 1 aliphatic heterocycles. The number of carbonyl (C=O) groups excluding carboxylic acids is 2. The Morgan fingerprint density at radius 3 is 2.59 bits per heavy atom. The molecule has 1 saturated carbocycles. The van der Waals surface area contributed by atoms with Crippen molar-refractivity contribution in [3.8, 4) is 0 Å². The zero-order chi connectivity index (χ0) is 22.6. The molecule has 2 aromatic rings. The van der Waals surface area contributed by atoms with E-state index in [1.54, 1.807) is 7.05 Å². The highest BCUT2D eigenvalue weighted by Gasteiger charge is 2.53. The van der Waals surface area contributed by atoms with Gasteiger partial charge < -0.3 is 15.8 Å². The Morgan fingerprint density at radius 2 is 1.91 bits per heavy atom. The lowest BCUT2D eigenvalue weighted by molar-refractivity contribution is -0.133. The smallest absolute Gasteiger partial charge is 0.261 e. The van der Waals surface area contributed by atoms with Crippen molar-refractivity contribution < 1.29 is 14.3 Å². The van der Waals surface area contributed by atoms with Crippen molar-refractivity contribution in [2.75, 3.05) is 19.0 Å². The van der Waals surface area contributed by atoms with Crippen LogP contribution < -0.4 is 11.1 Å². The number of rotatable bonds is 7. The van der Waals surface area contributed by atoms with Gasteiger partial charge >= 0.3 is 0 Å². The normalized spacial score (nSPS) is 21.5. The summed E-state index contributed by atoms with van der Waals surface area (Å²) in [5.41, 5.74) is 7.45. The second-order valence-electron chi connectivity index (χ2n) is 8.54. The molecule has 1 aliphatic carbocycles. The highest BCUT2D eigenvalue weighted by Crippen LogP contribution is 2.46. The number of benzene rings is 2. The van der Waals surface area contributed by atoms with E-state index in [0.29, 0.717) is 12.3 Å². The molecular formula is C25H30N4O3. The molecule has 1 unspecified atom stereocenters.